The molecule has 1 rings (SSSR count). The highest BCUT2D eigenvalue weighted by molar-refractivity contribution is 5.78. The topological polar surface area (TPSA) is 32.3 Å². The molecule has 0 spiro atoms. The maximum Gasteiger partial charge on any atom is 0.234 e. The molecule has 1 aliphatic carbocycles. The molecular weight excluding hydrogens is 176 g/mol. The van der Waals surface area contributed by atoms with Crippen LogP contribution in [0.15, 0.2) is 0 Å². The van der Waals surface area contributed by atoms with Crippen LogP contribution in [0.4, 0.5) is 0 Å². The fourth-order valence-corrected chi connectivity index (χ4v) is 1.51. The van der Waals surface area contributed by atoms with Gasteiger partial charge in [-0.25, -0.2) is 0 Å². The molecule has 1 saturated carbocycles. The van der Waals surface area contributed by atoms with Crippen molar-refractivity contribution in [2.75, 3.05) is 20.1 Å². The Morgan fingerprint density at radius 1 is 1.71 bits per heavy atom. The quantitative estimate of drug-likeness (QED) is 0.645. The van der Waals surface area contributed by atoms with Crippen LogP contribution in [-0.4, -0.2) is 37.0 Å². The Labute approximate surface area is 85.9 Å². The zero-order valence-corrected chi connectivity index (χ0v) is 8.92. The number of nitrogens with zero attached hydrogens (tertiary/aromatic N) is 1. The summed E-state index contributed by atoms with van der Waals surface area (Å²) in [5.74, 6) is 3.19. The minimum atomic E-state index is 0.0120. The number of nitrogens with one attached hydrogen (secondary N) is 1. The monoisotopic (exact) mass is 194 g/mol. The van der Waals surface area contributed by atoms with Gasteiger partial charge in [0, 0.05) is 6.04 Å². The Kier molecular flexibility index (Phi) is 3.97. The molecule has 3 heteroatoms. The van der Waals surface area contributed by atoms with Crippen molar-refractivity contribution in [2.45, 2.75) is 25.8 Å². The van der Waals surface area contributed by atoms with E-state index in [1.807, 2.05) is 7.05 Å². The molecule has 0 aromatic rings. The van der Waals surface area contributed by atoms with Gasteiger partial charge in [-0.1, -0.05) is 5.92 Å². The highest BCUT2D eigenvalue weighted by atomic mass is 16.2. The first-order valence-corrected chi connectivity index (χ1v) is 5.05. The second-order valence-corrected chi connectivity index (χ2v) is 3.97. The number of rotatable bonds is 5. The van der Waals surface area contributed by atoms with Crippen LogP contribution in [0.2, 0.25) is 0 Å². The van der Waals surface area contributed by atoms with E-state index in [1.165, 1.54) is 12.8 Å². The lowest BCUT2D eigenvalue weighted by molar-refractivity contribution is -0.122. The molecule has 3 nitrogen and oxygen atoms in total. The molecule has 1 aliphatic rings. The van der Waals surface area contributed by atoms with Gasteiger partial charge in [0.2, 0.25) is 5.91 Å². The molecule has 0 aromatic carbocycles. The summed E-state index contributed by atoms with van der Waals surface area (Å²) >= 11 is 0. The average Bonchev–Trinajstić information content (AvgIpc) is 2.96. The largest absolute Gasteiger partial charge is 0.344 e. The smallest absolute Gasteiger partial charge is 0.234 e. The van der Waals surface area contributed by atoms with Crippen LogP contribution in [0.1, 0.15) is 19.8 Å². The summed E-state index contributed by atoms with van der Waals surface area (Å²) in [5.41, 5.74) is 0. The number of carbonyl (C=O) groups excluding carboxylic acids is 1. The van der Waals surface area contributed by atoms with Gasteiger partial charge in [-0.05, 0) is 32.7 Å². The third-order valence-corrected chi connectivity index (χ3v) is 2.78. The van der Waals surface area contributed by atoms with E-state index in [4.69, 9.17) is 6.42 Å². The van der Waals surface area contributed by atoms with E-state index in [9.17, 15) is 4.79 Å². The maximum absolute atomic E-state index is 11.3. The molecule has 14 heavy (non-hydrogen) atoms. The summed E-state index contributed by atoms with van der Waals surface area (Å²) in [4.78, 5) is 13.4. The number of amides is 1. The molecule has 0 aliphatic heterocycles. The standard InChI is InChI=1S/C11H18N2O/c1-4-7-12-11(14)8-13(3)9(2)10-5-6-10/h1,9-10H,5-8H2,2-3H3,(H,12,14)/t9-/m0/s1. The number of hydrogen-bond acceptors (Lipinski definition) is 2. The molecule has 1 fully saturated rings. The van der Waals surface area contributed by atoms with Crippen LogP contribution in [0, 0.1) is 18.3 Å². The van der Waals surface area contributed by atoms with Gasteiger partial charge in [0.15, 0.2) is 0 Å². The van der Waals surface area contributed by atoms with Crippen molar-refractivity contribution in [3.8, 4) is 12.3 Å². The molecule has 0 saturated heterocycles. The third-order valence-electron chi connectivity index (χ3n) is 2.78. The van der Waals surface area contributed by atoms with Crippen molar-refractivity contribution in [1.29, 1.82) is 0 Å². The highest BCUT2D eigenvalue weighted by Gasteiger charge is 2.30. The Bertz CT molecular complexity index is 240. The number of carbonyl (C=O) groups is 1. The predicted octanol–water partition coefficient (Wildman–Crippen LogP) is 0.466. The summed E-state index contributed by atoms with van der Waals surface area (Å²) in [6.45, 7) is 2.94. The fraction of sp³-hybridized carbons (Fsp3) is 0.727. The van der Waals surface area contributed by atoms with Crippen LogP contribution in [-0.2, 0) is 4.79 Å². The van der Waals surface area contributed by atoms with Crippen molar-refractivity contribution in [3.05, 3.63) is 0 Å². The van der Waals surface area contributed by atoms with Gasteiger partial charge in [0.1, 0.15) is 0 Å². The van der Waals surface area contributed by atoms with E-state index in [2.05, 4.69) is 23.1 Å². The van der Waals surface area contributed by atoms with Gasteiger partial charge in [-0.15, -0.1) is 6.42 Å². The first-order chi connectivity index (χ1) is 6.65. The van der Waals surface area contributed by atoms with Gasteiger partial charge in [0.05, 0.1) is 13.1 Å². The summed E-state index contributed by atoms with van der Waals surface area (Å²) in [5, 5.41) is 2.66. The van der Waals surface area contributed by atoms with Crippen LogP contribution >= 0.6 is 0 Å². The molecule has 1 amide bonds. The van der Waals surface area contributed by atoms with E-state index >= 15 is 0 Å². The summed E-state index contributed by atoms with van der Waals surface area (Å²) < 4.78 is 0. The van der Waals surface area contributed by atoms with Crippen LogP contribution in [0.5, 0.6) is 0 Å². The minimum absolute atomic E-state index is 0.0120. The molecule has 0 unspecified atom stereocenters. The lowest BCUT2D eigenvalue weighted by atomic mass is 10.2. The van der Waals surface area contributed by atoms with Gasteiger partial charge < -0.3 is 5.32 Å². The molecule has 0 aromatic heterocycles. The molecular formula is C11H18N2O. The predicted molar refractivity (Wildman–Crippen MR) is 56.7 cm³/mol. The lowest BCUT2D eigenvalue weighted by Crippen LogP contribution is -2.40. The van der Waals surface area contributed by atoms with Crippen molar-refractivity contribution < 1.29 is 4.79 Å². The van der Waals surface area contributed by atoms with E-state index in [-0.39, 0.29) is 5.91 Å². The summed E-state index contributed by atoms with van der Waals surface area (Å²) in [6, 6.07) is 0.506. The van der Waals surface area contributed by atoms with Crippen molar-refractivity contribution in [1.82, 2.24) is 10.2 Å². The van der Waals surface area contributed by atoms with Crippen molar-refractivity contribution in [3.63, 3.8) is 0 Å². The Hall–Kier alpha value is -1.01. The average molecular weight is 194 g/mol. The zero-order chi connectivity index (χ0) is 10.6. The Morgan fingerprint density at radius 3 is 2.86 bits per heavy atom. The lowest BCUT2D eigenvalue weighted by Gasteiger charge is -2.23. The molecule has 0 heterocycles. The second-order valence-electron chi connectivity index (χ2n) is 3.97. The van der Waals surface area contributed by atoms with E-state index in [1.54, 1.807) is 0 Å². The van der Waals surface area contributed by atoms with Crippen LogP contribution in [0.25, 0.3) is 0 Å². The van der Waals surface area contributed by atoms with E-state index in [0.29, 0.717) is 19.1 Å². The first kappa shape index (κ1) is 11.1. The molecule has 0 radical (unpaired) electrons. The first-order valence-electron chi connectivity index (χ1n) is 5.05. The van der Waals surface area contributed by atoms with Gasteiger partial charge in [-0.3, -0.25) is 9.69 Å². The molecule has 1 atom stereocenters. The van der Waals surface area contributed by atoms with Gasteiger partial charge in [0.25, 0.3) is 0 Å². The fourth-order valence-electron chi connectivity index (χ4n) is 1.51. The third kappa shape index (κ3) is 3.39. The van der Waals surface area contributed by atoms with Crippen molar-refractivity contribution >= 4 is 5.91 Å². The van der Waals surface area contributed by atoms with Gasteiger partial charge >= 0.3 is 0 Å². The highest BCUT2D eigenvalue weighted by Crippen LogP contribution is 2.34. The normalized spacial score (nSPS) is 17.6. The van der Waals surface area contributed by atoms with Crippen LogP contribution in [0.3, 0.4) is 0 Å². The Morgan fingerprint density at radius 2 is 2.36 bits per heavy atom. The number of hydrogen-bond donors (Lipinski definition) is 1. The zero-order valence-electron chi connectivity index (χ0n) is 8.92. The van der Waals surface area contributed by atoms with Gasteiger partial charge in [-0.2, -0.15) is 0 Å². The van der Waals surface area contributed by atoms with Crippen LogP contribution < -0.4 is 5.32 Å². The Balaban J connectivity index is 2.21. The van der Waals surface area contributed by atoms with E-state index in [0.717, 1.165) is 5.92 Å². The number of likely N-dealkylation sites (N-methyl/N-ethyl adjacent to an activating group) is 1. The summed E-state index contributed by atoms with van der Waals surface area (Å²) in [7, 11) is 1.98. The molecule has 78 valence electrons. The number of terminal acetylenes is 1. The SMILES string of the molecule is C#CCNC(=O)CN(C)[C@@H](C)C1CC1. The maximum atomic E-state index is 11.3. The second kappa shape index (κ2) is 5.02. The van der Waals surface area contributed by atoms with Crippen molar-refractivity contribution in [2.24, 2.45) is 5.92 Å². The molecule has 0 bridgehead atoms. The minimum Gasteiger partial charge on any atom is -0.344 e. The summed E-state index contributed by atoms with van der Waals surface area (Å²) in [6.07, 6.45) is 7.65. The molecule has 1 N–H and O–H groups in total. The van der Waals surface area contributed by atoms with E-state index < -0.39 is 0 Å².